The molecule has 4 aliphatic rings. The van der Waals surface area contributed by atoms with Crippen LogP contribution in [0.2, 0.25) is 0 Å². The zero-order valence-corrected chi connectivity index (χ0v) is 21.6. The van der Waals surface area contributed by atoms with Crippen LogP contribution in [0.3, 0.4) is 0 Å². The molecule has 0 amide bonds. The quantitative estimate of drug-likeness (QED) is 0.364. The number of benzene rings is 1. The summed E-state index contributed by atoms with van der Waals surface area (Å²) in [7, 11) is -3.78. The first-order valence-corrected chi connectivity index (χ1v) is 13.5. The Bertz CT molecular complexity index is 1070. The van der Waals surface area contributed by atoms with E-state index in [1.807, 2.05) is 34.6 Å². The topological polar surface area (TPSA) is 114 Å². The molecule has 0 spiro atoms. The molecule has 5 atom stereocenters. The largest absolute Gasteiger partial charge is 0.344 e. The fraction of sp³-hybridized carbons (Fsp3) is 0.750. The van der Waals surface area contributed by atoms with Gasteiger partial charge in [0.15, 0.2) is 23.5 Å². The lowest BCUT2D eigenvalue weighted by Crippen LogP contribution is -2.55. The Hall–Kier alpha value is -1.47. The molecule has 0 radical (unpaired) electrons. The molecule has 0 aromatic heterocycles. The second-order valence-corrected chi connectivity index (χ2v) is 12.2. The highest BCUT2D eigenvalue weighted by Crippen LogP contribution is 2.46. The van der Waals surface area contributed by atoms with Crippen LogP contribution in [-0.4, -0.2) is 63.0 Å². The van der Waals surface area contributed by atoms with Gasteiger partial charge in [0.1, 0.15) is 18.3 Å². The van der Waals surface area contributed by atoms with Crippen LogP contribution in [0.15, 0.2) is 39.4 Å². The summed E-state index contributed by atoms with van der Waals surface area (Å²) >= 11 is 0. The molecule has 0 N–H and O–H groups in total. The molecule has 0 saturated carbocycles. The third-order valence-electron chi connectivity index (χ3n) is 6.73. The highest BCUT2D eigenvalue weighted by Gasteiger charge is 2.60. The average molecular weight is 511 g/mol. The Balaban J connectivity index is 1.13. The maximum Gasteiger partial charge on any atom is 0.296 e. The van der Waals surface area contributed by atoms with E-state index in [2.05, 4.69) is 10.2 Å². The monoisotopic (exact) mass is 510 g/mol. The first-order valence-electron chi connectivity index (χ1n) is 12.1. The van der Waals surface area contributed by atoms with Crippen molar-refractivity contribution in [3.8, 4) is 0 Å². The summed E-state index contributed by atoms with van der Waals surface area (Å²) in [6, 6.07) is 6.60. The molecule has 35 heavy (non-hydrogen) atoms. The Labute approximate surface area is 206 Å². The number of fused-ring (bicyclic) bond motifs is 3. The van der Waals surface area contributed by atoms with Crippen LogP contribution >= 0.6 is 0 Å². The van der Waals surface area contributed by atoms with E-state index in [4.69, 9.17) is 27.9 Å². The van der Waals surface area contributed by atoms with Gasteiger partial charge in [-0.3, -0.25) is 4.18 Å². The van der Waals surface area contributed by atoms with Gasteiger partial charge in [-0.05, 0) is 72.4 Å². The fourth-order valence-corrected chi connectivity index (χ4v) is 5.93. The van der Waals surface area contributed by atoms with Crippen molar-refractivity contribution in [1.29, 1.82) is 0 Å². The molecule has 3 saturated heterocycles. The maximum absolute atomic E-state index is 12.4. The van der Waals surface area contributed by atoms with Gasteiger partial charge in [0, 0.05) is 0 Å². The minimum absolute atomic E-state index is 0.0722. The molecule has 5 rings (SSSR count). The van der Waals surface area contributed by atoms with E-state index in [1.165, 1.54) is 0 Å². The standard InChI is InChI=1S/C24H34N2O8S/c1-15-7-9-16(10-8-15)35(27,28)29-14-6-12-24(25-26-24)13-11-17-18-19(32-22(2,3)31-18)20-21(30-17)34-23(4,5)33-20/h7-10,17-21H,6,11-14H2,1-5H3/t17-,18+,19+,20-,21-/m1/s1. The number of hydrogen-bond donors (Lipinski definition) is 0. The van der Waals surface area contributed by atoms with E-state index in [0.717, 1.165) is 5.56 Å². The lowest BCUT2D eigenvalue weighted by molar-refractivity contribution is -0.235. The Morgan fingerprint density at radius 1 is 0.886 bits per heavy atom. The van der Waals surface area contributed by atoms with E-state index in [9.17, 15) is 8.42 Å². The summed E-state index contributed by atoms with van der Waals surface area (Å²) in [4.78, 5) is 0.156. The van der Waals surface area contributed by atoms with E-state index < -0.39 is 33.6 Å². The van der Waals surface area contributed by atoms with Crippen LogP contribution < -0.4 is 0 Å². The summed E-state index contributed by atoms with van der Waals surface area (Å²) in [5, 5.41) is 8.52. The lowest BCUT2D eigenvalue weighted by atomic mass is 9.92. The second-order valence-electron chi connectivity index (χ2n) is 10.6. The lowest BCUT2D eigenvalue weighted by Gasteiger charge is -2.37. The molecule has 1 aromatic rings. The molecule has 11 heteroatoms. The summed E-state index contributed by atoms with van der Waals surface area (Å²) in [6.07, 6.45) is 0.670. The Morgan fingerprint density at radius 2 is 1.51 bits per heavy atom. The van der Waals surface area contributed by atoms with Gasteiger partial charge in [-0.2, -0.15) is 18.6 Å². The minimum atomic E-state index is -3.78. The van der Waals surface area contributed by atoms with Crippen molar-refractivity contribution >= 4 is 10.1 Å². The van der Waals surface area contributed by atoms with Crippen molar-refractivity contribution in [2.24, 2.45) is 10.2 Å². The zero-order chi connectivity index (χ0) is 25.1. The highest BCUT2D eigenvalue weighted by molar-refractivity contribution is 7.86. The fourth-order valence-electron chi connectivity index (χ4n) is 4.99. The predicted octanol–water partition coefficient (Wildman–Crippen LogP) is 3.82. The minimum Gasteiger partial charge on any atom is -0.344 e. The summed E-state index contributed by atoms with van der Waals surface area (Å²) < 4.78 is 60.6. The van der Waals surface area contributed by atoms with Crippen LogP contribution in [0.4, 0.5) is 0 Å². The van der Waals surface area contributed by atoms with Gasteiger partial charge in [0.25, 0.3) is 10.1 Å². The molecule has 0 bridgehead atoms. The van der Waals surface area contributed by atoms with Crippen LogP contribution in [-0.2, 0) is 38.0 Å². The number of ether oxygens (including phenoxy) is 5. The van der Waals surface area contributed by atoms with Crippen molar-refractivity contribution in [3.63, 3.8) is 0 Å². The molecule has 0 aliphatic carbocycles. The van der Waals surface area contributed by atoms with Crippen molar-refractivity contribution in [2.45, 2.75) is 113 Å². The van der Waals surface area contributed by atoms with E-state index >= 15 is 0 Å². The first kappa shape index (κ1) is 25.2. The van der Waals surface area contributed by atoms with Gasteiger partial charge in [0.05, 0.1) is 17.6 Å². The van der Waals surface area contributed by atoms with Crippen LogP contribution in [0.25, 0.3) is 0 Å². The van der Waals surface area contributed by atoms with Crippen LogP contribution in [0.1, 0.15) is 58.9 Å². The first-order chi connectivity index (χ1) is 16.4. The van der Waals surface area contributed by atoms with Gasteiger partial charge >= 0.3 is 0 Å². The molecule has 3 fully saturated rings. The van der Waals surface area contributed by atoms with Gasteiger partial charge in [-0.25, -0.2) is 0 Å². The normalized spacial score (nSPS) is 33.9. The highest BCUT2D eigenvalue weighted by atomic mass is 32.2. The maximum atomic E-state index is 12.4. The Morgan fingerprint density at radius 3 is 2.20 bits per heavy atom. The molecular weight excluding hydrogens is 476 g/mol. The number of rotatable bonds is 9. The number of aryl methyl sites for hydroxylation is 1. The van der Waals surface area contributed by atoms with Crippen molar-refractivity contribution in [1.82, 2.24) is 0 Å². The van der Waals surface area contributed by atoms with E-state index in [-0.39, 0.29) is 35.9 Å². The number of nitrogens with zero attached hydrogens (tertiary/aromatic N) is 2. The van der Waals surface area contributed by atoms with Crippen LogP contribution in [0.5, 0.6) is 0 Å². The van der Waals surface area contributed by atoms with Crippen molar-refractivity contribution < 1.29 is 36.3 Å². The molecule has 4 heterocycles. The zero-order valence-electron chi connectivity index (χ0n) is 20.8. The molecule has 10 nitrogen and oxygen atoms in total. The molecule has 1 aromatic carbocycles. The van der Waals surface area contributed by atoms with E-state index in [1.54, 1.807) is 24.3 Å². The number of hydrogen-bond acceptors (Lipinski definition) is 10. The third-order valence-corrected chi connectivity index (χ3v) is 8.06. The van der Waals surface area contributed by atoms with Gasteiger partial charge < -0.3 is 23.7 Å². The van der Waals surface area contributed by atoms with Gasteiger partial charge in [-0.1, -0.05) is 17.7 Å². The van der Waals surface area contributed by atoms with Crippen LogP contribution in [0, 0.1) is 6.92 Å². The second kappa shape index (κ2) is 8.83. The third kappa shape index (κ3) is 5.46. The summed E-state index contributed by atoms with van der Waals surface area (Å²) in [6.45, 7) is 9.46. The smallest absolute Gasteiger partial charge is 0.296 e. The molecule has 4 aliphatic heterocycles. The van der Waals surface area contributed by atoms with E-state index in [0.29, 0.717) is 25.7 Å². The Kier molecular flexibility index (Phi) is 6.35. The van der Waals surface area contributed by atoms with Crippen molar-refractivity contribution in [3.05, 3.63) is 29.8 Å². The predicted molar refractivity (Wildman–Crippen MR) is 123 cm³/mol. The van der Waals surface area contributed by atoms with Gasteiger partial charge in [-0.15, -0.1) is 0 Å². The molecular formula is C24H34N2O8S. The molecule has 194 valence electrons. The average Bonchev–Trinajstić information content (AvgIpc) is 3.35. The van der Waals surface area contributed by atoms with Gasteiger partial charge in [0.2, 0.25) is 0 Å². The molecule has 0 unspecified atom stereocenters. The SMILES string of the molecule is Cc1ccc(S(=O)(=O)OCCCC2(CC[C@H]3O[C@@H]4OC(C)(C)O[C@@H]4[C@H]4OC(C)(C)O[C@H]43)N=N2)cc1. The summed E-state index contributed by atoms with van der Waals surface area (Å²) in [5.74, 6) is -1.50. The van der Waals surface area contributed by atoms with Crippen molar-refractivity contribution in [2.75, 3.05) is 6.61 Å². The summed E-state index contributed by atoms with van der Waals surface area (Å²) in [5.41, 5.74) is 0.453.